The number of nitrogens with zero attached hydrogens (tertiary/aromatic N) is 2. The Bertz CT molecular complexity index is 877. The van der Waals surface area contributed by atoms with E-state index >= 15 is 0 Å². The summed E-state index contributed by atoms with van der Waals surface area (Å²) in [5.74, 6) is 0. The van der Waals surface area contributed by atoms with E-state index in [4.69, 9.17) is 5.73 Å². The zero-order valence-electron chi connectivity index (χ0n) is 14.7. The molecule has 0 aliphatic rings. The largest absolute Gasteiger partial charge is 0.398 e. The summed E-state index contributed by atoms with van der Waals surface area (Å²) in [6.07, 6.45) is 5.82. The Morgan fingerprint density at radius 2 is 1.74 bits per heavy atom. The van der Waals surface area contributed by atoms with Crippen molar-refractivity contribution in [3.05, 3.63) is 90.4 Å². The molecule has 0 amide bonds. The monoisotopic (exact) mass is 362 g/mol. The predicted molar refractivity (Wildman–Crippen MR) is 112 cm³/mol. The Morgan fingerprint density at radius 1 is 1.07 bits per heavy atom. The molecule has 0 aliphatic carbocycles. The molecule has 0 atom stereocenters. The van der Waals surface area contributed by atoms with Gasteiger partial charge in [0.25, 0.3) is 0 Å². The molecule has 140 valence electrons. The molecule has 0 saturated heterocycles. The highest BCUT2D eigenvalue weighted by atomic mass is 16.1. The molecule has 0 fully saturated rings. The molecule has 0 saturated carbocycles. The van der Waals surface area contributed by atoms with Crippen LogP contribution < -0.4 is 11.1 Å². The van der Waals surface area contributed by atoms with Crippen molar-refractivity contribution >= 4 is 12.0 Å². The molecule has 3 N–H and O–H groups in total. The summed E-state index contributed by atoms with van der Waals surface area (Å²) in [7, 11) is 0. The maximum atomic E-state index is 10.6. The molecule has 0 spiro atoms. The van der Waals surface area contributed by atoms with Crippen molar-refractivity contribution in [2.24, 2.45) is 0 Å². The summed E-state index contributed by atoms with van der Waals surface area (Å²) in [5, 5.41) is 2.99. The van der Waals surface area contributed by atoms with Crippen molar-refractivity contribution in [2.45, 2.75) is 20.9 Å². The third-order valence-electron chi connectivity index (χ3n) is 3.59. The molecular weight excluding hydrogens is 336 g/mol. The van der Waals surface area contributed by atoms with Crippen molar-refractivity contribution in [1.29, 1.82) is 0 Å². The lowest BCUT2D eigenvalue weighted by atomic mass is 10.1. The molecule has 2 aromatic heterocycles. The van der Waals surface area contributed by atoms with Gasteiger partial charge in [0.2, 0.25) is 0 Å². The SMILES string of the molecule is C.C=CNCc1ccccc1N.Cc1ccnc(-c2cc(C=O)ccn2)c1. The summed E-state index contributed by atoms with van der Waals surface area (Å²) >= 11 is 0. The van der Waals surface area contributed by atoms with Crippen LogP contribution in [0.5, 0.6) is 0 Å². The molecule has 1 aromatic carbocycles. The van der Waals surface area contributed by atoms with Gasteiger partial charge in [0.1, 0.15) is 6.29 Å². The number of aryl methyl sites for hydroxylation is 1. The van der Waals surface area contributed by atoms with Crippen LogP contribution in [0.4, 0.5) is 5.69 Å². The third-order valence-corrected chi connectivity index (χ3v) is 3.59. The molecule has 5 heteroatoms. The number of nitrogen functional groups attached to an aromatic ring is 1. The minimum absolute atomic E-state index is 0. The van der Waals surface area contributed by atoms with Crippen molar-refractivity contribution < 1.29 is 4.79 Å². The lowest BCUT2D eigenvalue weighted by molar-refractivity contribution is 0.112. The van der Waals surface area contributed by atoms with Crippen molar-refractivity contribution in [2.75, 3.05) is 5.73 Å². The zero-order chi connectivity index (χ0) is 18.8. The summed E-state index contributed by atoms with van der Waals surface area (Å²) in [4.78, 5) is 19.0. The zero-order valence-corrected chi connectivity index (χ0v) is 14.7. The van der Waals surface area contributed by atoms with Crippen LogP contribution in [-0.2, 0) is 6.54 Å². The number of rotatable bonds is 5. The van der Waals surface area contributed by atoms with Crippen LogP contribution in [0.1, 0.15) is 28.9 Å². The lowest BCUT2D eigenvalue weighted by Crippen LogP contribution is -2.05. The van der Waals surface area contributed by atoms with Gasteiger partial charge in [0, 0.05) is 30.2 Å². The number of hydrogen-bond acceptors (Lipinski definition) is 5. The van der Waals surface area contributed by atoms with Gasteiger partial charge in [-0.05, 0) is 54.6 Å². The van der Waals surface area contributed by atoms with Crippen LogP contribution >= 0.6 is 0 Å². The fourth-order valence-corrected chi connectivity index (χ4v) is 2.21. The van der Waals surface area contributed by atoms with Gasteiger partial charge >= 0.3 is 0 Å². The van der Waals surface area contributed by atoms with Gasteiger partial charge in [-0.25, -0.2) is 0 Å². The van der Waals surface area contributed by atoms with Crippen LogP contribution in [-0.4, -0.2) is 16.3 Å². The number of pyridine rings is 2. The first-order chi connectivity index (χ1) is 12.6. The van der Waals surface area contributed by atoms with E-state index in [0.29, 0.717) is 5.56 Å². The van der Waals surface area contributed by atoms with Crippen molar-refractivity contribution in [3.8, 4) is 11.4 Å². The molecule has 0 unspecified atom stereocenters. The number of benzene rings is 1. The highest BCUT2D eigenvalue weighted by molar-refractivity contribution is 5.76. The van der Waals surface area contributed by atoms with Crippen LogP contribution in [0, 0.1) is 6.92 Å². The predicted octanol–water partition coefficient (Wildman–Crippen LogP) is 4.40. The minimum Gasteiger partial charge on any atom is -0.398 e. The van der Waals surface area contributed by atoms with Crippen LogP contribution in [0.15, 0.2) is 73.7 Å². The van der Waals surface area contributed by atoms with E-state index in [1.807, 2.05) is 43.3 Å². The standard InChI is InChI=1S/C12H10N2O.C9H12N2.CH4/c1-9-2-4-13-11(6-9)12-7-10(8-15)3-5-14-12;1-2-11-7-8-5-3-4-6-9(8)10;/h2-8H,1H3;2-6,11H,1,7,10H2;1H4. The van der Waals surface area contributed by atoms with Gasteiger partial charge in [-0.15, -0.1) is 0 Å². The number of carbonyl (C=O) groups is 1. The van der Waals surface area contributed by atoms with Gasteiger partial charge in [0.05, 0.1) is 11.4 Å². The number of carbonyl (C=O) groups excluding carboxylic acids is 1. The molecule has 5 nitrogen and oxygen atoms in total. The van der Waals surface area contributed by atoms with E-state index in [-0.39, 0.29) is 7.43 Å². The first kappa shape index (κ1) is 21.6. The normalized spacial score (nSPS) is 9.22. The number of nitrogens with two attached hydrogens (primary N) is 1. The van der Waals surface area contributed by atoms with E-state index in [9.17, 15) is 4.79 Å². The molecule has 0 bridgehead atoms. The Kier molecular flexibility index (Phi) is 8.95. The van der Waals surface area contributed by atoms with Crippen molar-refractivity contribution in [3.63, 3.8) is 0 Å². The Hall–Kier alpha value is -3.47. The molecule has 3 rings (SSSR count). The van der Waals surface area contributed by atoms with E-state index in [1.54, 1.807) is 30.7 Å². The molecule has 0 radical (unpaired) electrons. The van der Waals surface area contributed by atoms with Gasteiger partial charge in [0.15, 0.2) is 0 Å². The smallest absolute Gasteiger partial charge is 0.150 e. The maximum absolute atomic E-state index is 10.6. The number of aromatic nitrogens is 2. The average molecular weight is 362 g/mol. The Labute approximate surface area is 161 Å². The van der Waals surface area contributed by atoms with E-state index in [0.717, 1.165) is 41.0 Å². The fourth-order valence-electron chi connectivity index (χ4n) is 2.21. The highest BCUT2D eigenvalue weighted by Crippen LogP contribution is 2.15. The highest BCUT2D eigenvalue weighted by Gasteiger charge is 2.01. The number of anilines is 1. The first-order valence-corrected chi connectivity index (χ1v) is 8.16. The average Bonchev–Trinajstić information content (AvgIpc) is 2.68. The number of nitrogens with one attached hydrogen (secondary N) is 1. The molecule has 3 aromatic rings. The topological polar surface area (TPSA) is 80.9 Å². The summed E-state index contributed by atoms with van der Waals surface area (Å²) < 4.78 is 0. The minimum atomic E-state index is 0. The molecule has 0 aliphatic heterocycles. The third kappa shape index (κ3) is 6.74. The van der Waals surface area contributed by atoms with E-state index in [1.165, 1.54) is 0 Å². The maximum Gasteiger partial charge on any atom is 0.150 e. The van der Waals surface area contributed by atoms with Crippen LogP contribution in [0.3, 0.4) is 0 Å². The summed E-state index contributed by atoms with van der Waals surface area (Å²) in [5.41, 5.74) is 10.9. The van der Waals surface area contributed by atoms with Gasteiger partial charge < -0.3 is 11.1 Å². The quantitative estimate of drug-likeness (QED) is 0.519. The van der Waals surface area contributed by atoms with Gasteiger partial charge in [-0.2, -0.15) is 0 Å². The Morgan fingerprint density at radius 3 is 2.37 bits per heavy atom. The second-order valence-corrected chi connectivity index (χ2v) is 5.59. The number of hydrogen-bond donors (Lipinski definition) is 2. The first-order valence-electron chi connectivity index (χ1n) is 8.16. The molecular formula is C22H26N4O. The Balaban J connectivity index is 0.000000273. The van der Waals surface area contributed by atoms with Crippen molar-refractivity contribution in [1.82, 2.24) is 15.3 Å². The summed E-state index contributed by atoms with van der Waals surface area (Å²) in [6, 6.07) is 15.0. The number of para-hydroxylation sites is 1. The van der Waals surface area contributed by atoms with Gasteiger partial charge in [-0.3, -0.25) is 14.8 Å². The lowest BCUT2D eigenvalue weighted by Gasteiger charge is -2.03. The van der Waals surface area contributed by atoms with E-state index < -0.39 is 0 Å². The fraction of sp³-hybridized carbons (Fsp3) is 0.136. The summed E-state index contributed by atoms with van der Waals surface area (Å²) in [6.45, 7) is 6.29. The van der Waals surface area contributed by atoms with Crippen LogP contribution in [0.25, 0.3) is 11.4 Å². The number of aldehydes is 1. The van der Waals surface area contributed by atoms with E-state index in [2.05, 4.69) is 21.9 Å². The second kappa shape index (κ2) is 11.2. The second-order valence-electron chi connectivity index (χ2n) is 5.59. The molecule has 27 heavy (non-hydrogen) atoms. The van der Waals surface area contributed by atoms with Crippen LogP contribution in [0.2, 0.25) is 0 Å². The molecule has 2 heterocycles. The van der Waals surface area contributed by atoms with Gasteiger partial charge in [-0.1, -0.05) is 32.2 Å².